The second kappa shape index (κ2) is 4.96. The first-order valence-electron chi connectivity index (χ1n) is 4.84. The van der Waals surface area contributed by atoms with Crippen LogP contribution in [0.5, 0.6) is 0 Å². The van der Waals surface area contributed by atoms with Crippen molar-refractivity contribution in [2.45, 2.75) is 6.54 Å². The normalized spacial score (nSPS) is 10.2. The van der Waals surface area contributed by atoms with E-state index in [1.54, 1.807) is 18.2 Å². The van der Waals surface area contributed by atoms with Gasteiger partial charge in [0, 0.05) is 15.7 Å². The zero-order valence-electron chi connectivity index (χ0n) is 8.77. The minimum atomic E-state index is -0.208. The maximum Gasteiger partial charge on any atom is 0.251 e. The van der Waals surface area contributed by atoms with Crippen molar-refractivity contribution in [1.82, 2.24) is 20.5 Å². The molecule has 0 aliphatic rings. The largest absolute Gasteiger partial charge is 0.398 e. The fourth-order valence-electron chi connectivity index (χ4n) is 1.27. The molecule has 88 valence electrons. The Balaban J connectivity index is 2.02. The molecule has 0 aliphatic carbocycles. The Bertz CT molecular complexity index is 525. The number of nitrogens with two attached hydrogens (primary N) is 1. The number of benzene rings is 1. The third kappa shape index (κ3) is 2.82. The van der Waals surface area contributed by atoms with Gasteiger partial charge in [-0.25, -0.2) is 4.98 Å². The number of hydrogen-bond acceptors (Lipinski definition) is 4. The molecule has 0 saturated heterocycles. The van der Waals surface area contributed by atoms with Crippen LogP contribution in [0.4, 0.5) is 5.69 Å². The predicted molar refractivity (Wildman–Crippen MR) is 66.1 cm³/mol. The monoisotopic (exact) mass is 295 g/mol. The number of aromatic amines is 1. The Kier molecular flexibility index (Phi) is 3.38. The molecular weight excluding hydrogens is 286 g/mol. The number of hydrogen-bond donors (Lipinski definition) is 3. The van der Waals surface area contributed by atoms with Gasteiger partial charge in [-0.2, -0.15) is 5.10 Å². The third-order valence-electron chi connectivity index (χ3n) is 2.14. The van der Waals surface area contributed by atoms with Gasteiger partial charge in [0.05, 0.1) is 6.54 Å². The third-order valence-corrected chi connectivity index (χ3v) is 2.86. The van der Waals surface area contributed by atoms with Crippen LogP contribution in [-0.2, 0) is 6.54 Å². The molecule has 0 fully saturated rings. The minimum Gasteiger partial charge on any atom is -0.398 e. The number of anilines is 1. The number of nitrogen functional groups attached to an aromatic ring is 1. The summed E-state index contributed by atoms with van der Waals surface area (Å²) in [5, 5.41) is 9.05. The van der Waals surface area contributed by atoms with Crippen LogP contribution in [-0.4, -0.2) is 21.1 Å². The molecule has 1 aromatic carbocycles. The fourth-order valence-corrected chi connectivity index (χ4v) is 1.51. The number of aromatic nitrogens is 3. The SMILES string of the molecule is Nc1cc(C(=O)NCc2ncn[nH]2)ccc1Br. The van der Waals surface area contributed by atoms with E-state index in [1.807, 2.05) is 0 Å². The zero-order chi connectivity index (χ0) is 12.3. The molecule has 2 rings (SSSR count). The maximum absolute atomic E-state index is 11.8. The molecule has 1 aromatic heterocycles. The van der Waals surface area contributed by atoms with Crippen LogP contribution in [0.25, 0.3) is 0 Å². The van der Waals surface area contributed by atoms with Gasteiger partial charge in [0.1, 0.15) is 12.2 Å². The number of carbonyl (C=O) groups is 1. The maximum atomic E-state index is 11.8. The van der Waals surface area contributed by atoms with Crippen molar-refractivity contribution in [3.05, 3.63) is 40.4 Å². The molecule has 0 unspecified atom stereocenters. The lowest BCUT2D eigenvalue weighted by atomic mass is 10.2. The van der Waals surface area contributed by atoms with Gasteiger partial charge in [-0.1, -0.05) is 0 Å². The van der Waals surface area contributed by atoms with Gasteiger partial charge in [0.25, 0.3) is 5.91 Å². The average Bonchev–Trinajstić information content (AvgIpc) is 2.82. The van der Waals surface area contributed by atoms with Crippen LogP contribution in [0.1, 0.15) is 16.2 Å². The summed E-state index contributed by atoms with van der Waals surface area (Å²) in [6.07, 6.45) is 1.39. The summed E-state index contributed by atoms with van der Waals surface area (Å²) in [6.45, 7) is 0.300. The summed E-state index contributed by atoms with van der Waals surface area (Å²) in [4.78, 5) is 15.7. The standard InChI is InChI=1S/C10H10BrN5O/c11-7-2-1-6(3-8(7)12)10(17)13-4-9-14-5-15-16-9/h1-3,5H,4,12H2,(H,13,17)(H,14,15,16). The molecule has 7 heteroatoms. The van der Waals surface area contributed by atoms with Crippen molar-refractivity contribution in [2.24, 2.45) is 0 Å². The highest BCUT2D eigenvalue weighted by atomic mass is 79.9. The summed E-state index contributed by atoms with van der Waals surface area (Å²) >= 11 is 3.27. The smallest absolute Gasteiger partial charge is 0.251 e. The van der Waals surface area contributed by atoms with Gasteiger partial charge >= 0.3 is 0 Å². The number of halogens is 1. The van der Waals surface area contributed by atoms with E-state index in [1.165, 1.54) is 6.33 Å². The second-order valence-electron chi connectivity index (χ2n) is 3.35. The lowest BCUT2D eigenvalue weighted by Gasteiger charge is -2.05. The molecule has 0 spiro atoms. The molecule has 0 saturated carbocycles. The highest BCUT2D eigenvalue weighted by molar-refractivity contribution is 9.10. The van der Waals surface area contributed by atoms with E-state index >= 15 is 0 Å². The number of H-pyrrole nitrogens is 1. The van der Waals surface area contributed by atoms with Crippen LogP contribution in [0, 0.1) is 0 Å². The van der Waals surface area contributed by atoms with E-state index in [0.29, 0.717) is 23.6 Å². The van der Waals surface area contributed by atoms with Crippen LogP contribution in [0.2, 0.25) is 0 Å². The number of rotatable bonds is 3. The summed E-state index contributed by atoms with van der Waals surface area (Å²) in [6, 6.07) is 5.04. The molecule has 6 nitrogen and oxygen atoms in total. The molecule has 17 heavy (non-hydrogen) atoms. The first kappa shape index (κ1) is 11.6. The molecule has 4 N–H and O–H groups in total. The Morgan fingerprint density at radius 3 is 3.00 bits per heavy atom. The van der Waals surface area contributed by atoms with E-state index in [9.17, 15) is 4.79 Å². The highest BCUT2D eigenvalue weighted by Crippen LogP contribution is 2.20. The Labute approximate surface area is 106 Å². The van der Waals surface area contributed by atoms with E-state index in [-0.39, 0.29) is 5.91 Å². The molecule has 2 aromatic rings. The highest BCUT2D eigenvalue weighted by Gasteiger charge is 2.07. The minimum absolute atomic E-state index is 0.208. The summed E-state index contributed by atoms with van der Waals surface area (Å²) < 4.78 is 0.768. The topological polar surface area (TPSA) is 96.7 Å². The number of nitrogens with zero attached hydrogens (tertiary/aromatic N) is 2. The van der Waals surface area contributed by atoms with Crippen LogP contribution in [0.3, 0.4) is 0 Å². The number of nitrogens with one attached hydrogen (secondary N) is 2. The Morgan fingerprint density at radius 1 is 1.53 bits per heavy atom. The molecule has 0 bridgehead atoms. The van der Waals surface area contributed by atoms with Crippen molar-refractivity contribution in [3.63, 3.8) is 0 Å². The molecule has 0 atom stereocenters. The van der Waals surface area contributed by atoms with E-state index < -0.39 is 0 Å². The van der Waals surface area contributed by atoms with Gasteiger partial charge in [-0.15, -0.1) is 0 Å². The van der Waals surface area contributed by atoms with E-state index in [2.05, 4.69) is 36.4 Å². The molecule has 0 aliphatic heterocycles. The summed E-state index contributed by atoms with van der Waals surface area (Å²) in [5.41, 5.74) is 6.72. The lowest BCUT2D eigenvalue weighted by molar-refractivity contribution is 0.0950. The van der Waals surface area contributed by atoms with Crippen LogP contribution < -0.4 is 11.1 Å². The van der Waals surface area contributed by atoms with Crippen molar-refractivity contribution < 1.29 is 4.79 Å². The van der Waals surface area contributed by atoms with Crippen LogP contribution >= 0.6 is 15.9 Å². The number of amides is 1. The van der Waals surface area contributed by atoms with E-state index in [0.717, 1.165) is 4.47 Å². The molecule has 1 heterocycles. The van der Waals surface area contributed by atoms with Crippen LogP contribution in [0.15, 0.2) is 29.0 Å². The van der Waals surface area contributed by atoms with Crippen molar-refractivity contribution in [3.8, 4) is 0 Å². The van der Waals surface area contributed by atoms with Gasteiger partial charge in [0.2, 0.25) is 0 Å². The average molecular weight is 296 g/mol. The van der Waals surface area contributed by atoms with Gasteiger partial charge in [-0.05, 0) is 34.1 Å². The molecule has 1 amide bonds. The fraction of sp³-hybridized carbons (Fsp3) is 0.100. The Hall–Kier alpha value is -1.89. The number of carbonyl (C=O) groups excluding carboxylic acids is 1. The predicted octanol–water partition coefficient (Wildman–Crippen LogP) is 1.08. The van der Waals surface area contributed by atoms with Crippen molar-refractivity contribution >= 4 is 27.5 Å². The second-order valence-corrected chi connectivity index (χ2v) is 4.21. The van der Waals surface area contributed by atoms with Gasteiger partial charge in [-0.3, -0.25) is 9.89 Å². The van der Waals surface area contributed by atoms with Crippen molar-refractivity contribution in [1.29, 1.82) is 0 Å². The molecule has 0 radical (unpaired) electrons. The summed E-state index contributed by atoms with van der Waals surface area (Å²) in [5.74, 6) is 0.393. The first-order valence-corrected chi connectivity index (χ1v) is 5.63. The quantitative estimate of drug-likeness (QED) is 0.738. The van der Waals surface area contributed by atoms with Gasteiger partial charge in [0.15, 0.2) is 0 Å². The van der Waals surface area contributed by atoms with Gasteiger partial charge < -0.3 is 11.1 Å². The van der Waals surface area contributed by atoms with E-state index in [4.69, 9.17) is 5.73 Å². The Morgan fingerprint density at radius 2 is 2.35 bits per heavy atom. The first-order chi connectivity index (χ1) is 8.16. The lowest BCUT2D eigenvalue weighted by Crippen LogP contribution is -2.23. The zero-order valence-corrected chi connectivity index (χ0v) is 10.4. The summed E-state index contributed by atoms with van der Waals surface area (Å²) in [7, 11) is 0. The van der Waals surface area contributed by atoms with Crippen molar-refractivity contribution in [2.75, 3.05) is 5.73 Å². The molecular formula is C10H10BrN5O.